The first-order valence-electron chi connectivity index (χ1n) is 7.11. The summed E-state index contributed by atoms with van der Waals surface area (Å²) in [7, 11) is 0. The van der Waals surface area contributed by atoms with Crippen LogP contribution in [0.1, 0.15) is 32.3 Å². The molecule has 5 heteroatoms. The monoisotopic (exact) mass is 299 g/mol. The molecule has 3 N–H and O–H groups in total. The van der Waals surface area contributed by atoms with Crippen molar-refractivity contribution in [1.82, 2.24) is 10.3 Å². The molecular formula is C15H23ClFN3. The smallest absolute Gasteiger partial charge is 0.142 e. The van der Waals surface area contributed by atoms with Gasteiger partial charge in [0.1, 0.15) is 5.82 Å². The zero-order valence-electron chi connectivity index (χ0n) is 12.1. The quantitative estimate of drug-likeness (QED) is 0.649. The molecule has 0 spiro atoms. The lowest BCUT2D eigenvalue weighted by atomic mass is 9.88. The Hall–Kier alpha value is -0.680. The van der Waals surface area contributed by atoms with E-state index in [1.807, 2.05) is 6.07 Å². The molecule has 20 heavy (non-hydrogen) atoms. The van der Waals surface area contributed by atoms with Crippen molar-refractivity contribution in [2.45, 2.75) is 44.7 Å². The van der Waals surface area contributed by atoms with Gasteiger partial charge in [-0.3, -0.25) is 16.2 Å². The number of nitrogens with two attached hydrogens (primary N) is 1. The minimum absolute atomic E-state index is 0.0138. The van der Waals surface area contributed by atoms with E-state index < -0.39 is 0 Å². The number of likely N-dealkylation sites (tertiary alicyclic amines) is 1. The fraction of sp³-hybridized carbons (Fsp3) is 0.600. The summed E-state index contributed by atoms with van der Waals surface area (Å²) >= 11 is 6.05. The van der Waals surface area contributed by atoms with Crippen molar-refractivity contribution < 1.29 is 4.39 Å². The van der Waals surface area contributed by atoms with Crippen molar-refractivity contribution in [3.05, 3.63) is 34.6 Å². The molecule has 0 aromatic heterocycles. The molecule has 1 saturated heterocycles. The first-order valence-corrected chi connectivity index (χ1v) is 7.48. The normalized spacial score (nSPS) is 18.4. The van der Waals surface area contributed by atoms with Crippen LogP contribution in [0.25, 0.3) is 0 Å². The molecule has 0 bridgehead atoms. The first-order chi connectivity index (χ1) is 9.46. The van der Waals surface area contributed by atoms with Gasteiger partial charge in [0, 0.05) is 11.6 Å². The number of hydrogen-bond donors (Lipinski definition) is 2. The van der Waals surface area contributed by atoms with E-state index in [9.17, 15) is 4.39 Å². The summed E-state index contributed by atoms with van der Waals surface area (Å²) in [6.07, 6.45) is 3.06. The Labute approximate surface area is 125 Å². The molecule has 1 fully saturated rings. The highest BCUT2D eigenvalue weighted by Crippen LogP contribution is 2.28. The number of benzene rings is 1. The summed E-state index contributed by atoms with van der Waals surface area (Å²) in [6, 6.07) is 4.94. The molecule has 1 aromatic rings. The van der Waals surface area contributed by atoms with Gasteiger partial charge in [0.25, 0.3) is 0 Å². The Bertz CT molecular complexity index is 458. The lowest BCUT2D eigenvalue weighted by Gasteiger charge is -2.42. The third-order valence-electron chi connectivity index (χ3n) is 4.43. The van der Waals surface area contributed by atoms with E-state index in [4.69, 9.17) is 17.4 Å². The Kier molecular flexibility index (Phi) is 5.02. The van der Waals surface area contributed by atoms with Crippen LogP contribution < -0.4 is 11.3 Å². The molecule has 3 nitrogen and oxygen atoms in total. The zero-order valence-corrected chi connectivity index (χ0v) is 12.9. The molecule has 1 aliphatic heterocycles. The lowest BCUT2D eigenvalue weighted by Crippen LogP contribution is -2.59. The van der Waals surface area contributed by atoms with Crippen LogP contribution >= 0.6 is 11.6 Å². The number of halogens is 2. The Morgan fingerprint density at radius 1 is 1.40 bits per heavy atom. The highest BCUT2D eigenvalue weighted by atomic mass is 35.5. The van der Waals surface area contributed by atoms with Gasteiger partial charge in [-0.2, -0.15) is 0 Å². The predicted molar refractivity (Wildman–Crippen MR) is 81.1 cm³/mol. The Morgan fingerprint density at radius 2 is 2.05 bits per heavy atom. The number of nitrogens with zero attached hydrogens (tertiary/aromatic N) is 1. The van der Waals surface area contributed by atoms with Crippen LogP contribution in [-0.4, -0.2) is 29.6 Å². The summed E-state index contributed by atoms with van der Waals surface area (Å²) in [4.78, 5) is 2.44. The fourth-order valence-electron chi connectivity index (χ4n) is 2.95. The largest absolute Gasteiger partial charge is 0.297 e. The third kappa shape index (κ3) is 3.14. The molecule has 1 aromatic carbocycles. The van der Waals surface area contributed by atoms with Gasteiger partial charge in [-0.1, -0.05) is 23.7 Å². The maximum absolute atomic E-state index is 13.5. The second-order valence-electron chi connectivity index (χ2n) is 5.98. The molecule has 0 aliphatic carbocycles. The number of rotatable bonds is 5. The summed E-state index contributed by atoms with van der Waals surface area (Å²) in [5.74, 6) is 5.37. The van der Waals surface area contributed by atoms with Crippen molar-refractivity contribution in [3.8, 4) is 0 Å². The van der Waals surface area contributed by atoms with Crippen molar-refractivity contribution in [2.24, 2.45) is 5.84 Å². The van der Waals surface area contributed by atoms with Crippen LogP contribution in [0, 0.1) is 5.82 Å². The van der Waals surface area contributed by atoms with Crippen molar-refractivity contribution in [1.29, 1.82) is 0 Å². The Balaban J connectivity index is 2.17. The predicted octanol–water partition coefficient (Wildman–Crippen LogP) is 2.73. The molecule has 1 unspecified atom stereocenters. The van der Waals surface area contributed by atoms with E-state index in [0.29, 0.717) is 6.42 Å². The van der Waals surface area contributed by atoms with Crippen LogP contribution in [0.2, 0.25) is 5.02 Å². The van der Waals surface area contributed by atoms with Crippen molar-refractivity contribution in [2.75, 3.05) is 13.1 Å². The maximum Gasteiger partial charge on any atom is 0.142 e. The maximum atomic E-state index is 13.5. The lowest BCUT2D eigenvalue weighted by molar-refractivity contribution is 0.106. The van der Waals surface area contributed by atoms with Gasteiger partial charge in [-0.15, -0.1) is 0 Å². The van der Waals surface area contributed by atoms with E-state index in [2.05, 4.69) is 24.2 Å². The average Bonchev–Trinajstić information content (AvgIpc) is 2.95. The molecule has 0 saturated carbocycles. The van der Waals surface area contributed by atoms with E-state index >= 15 is 0 Å². The van der Waals surface area contributed by atoms with Crippen molar-refractivity contribution >= 4 is 11.6 Å². The SMILES string of the molecule is CC(C)(C(Cc1cccc(F)c1Cl)NN)N1CCCC1. The van der Waals surface area contributed by atoms with Crippen LogP contribution in [-0.2, 0) is 6.42 Å². The molecule has 112 valence electrons. The molecule has 2 rings (SSSR count). The molecular weight excluding hydrogens is 277 g/mol. The van der Waals surface area contributed by atoms with Gasteiger partial charge in [-0.05, 0) is 57.8 Å². The third-order valence-corrected chi connectivity index (χ3v) is 4.85. The highest BCUT2D eigenvalue weighted by molar-refractivity contribution is 6.31. The topological polar surface area (TPSA) is 41.3 Å². The van der Waals surface area contributed by atoms with Crippen LogP contribution in [0.4, 0.5) is 4.39 Å². The first kappa shape index (κ1) is 15.7. The van der Waals surface area contributed by atoms with Gasteiger partial charge in [0.05, 0.1) is 5.02 Å². The second kappa shape index (κ2) is 6.39. The summed E-state index contributed by atoms with van der Waals surface area (Å²) in [5, 5.41) is 0.199. The minimum Gasteiger partial charge on any atom is -0.297 e. The van der Waals surface area contributed by atoms with Gasteiger partial charge >= 0.3 is 0 Å². The van der Waals surface area contributed by atoms with E-state index in [1.165, 1.54) is 18.9 Å². The van der Waals surface area contributed by atoms with Gasteiger partial charge in [0.2, 0.25) is 0 Å². The summed E-state index contributed by atoms with van der Waals surface area (Å²) in [6.45, 7) is 6.52. The van der Waals surface area contributed by atoms with Gasteiger partial charge in [0.15, 0.2) is 0 Å². The minimum atomic E-state index is -0.376. The van der Waals surface area contributed by atoms with Crippen LogP contribution in [0.5, 0.6) is 0 Å². The molecule has 0 radical (unpaired) electrons. The molecule has 1 aliphatic rings. The summed E-state index contributed by atoms with van der Waals surface area (Å²) < 4.78 is 13.5. The number of hydrazine groups is 1. The zero-order chi connectivity index (χ0) is 14.8. The van der Waals surface area contributed by atoms with E-state index in [1.54, 1.807) is 6.07 Å². The van der Waals surface area contributed by atoms with Gasteiger partial charge in [-0.25, -0.2) is 4.39 Å². The number of hydrogen-bond acceptors (Lipinski definition) is 3. The van der Waals surface area contributed by atoms with Crippen LogP contribution in [0.3, 0.4) is 0 Å². The standard InChI is InChI=1S/C15H23ClFN3/c1-15(2,20-8-3-4-9-20)13(19-18)10-11-6-5-7-12(17)14(11)16/h5-7,13,19H,3-4,8-10,18H2,1-2H3. The average molecular weight is 300 g/mol. The molecule has 1 heterocycles. The Morgan fingerprint density at radius 3 is 2.65 bits per heavy atom. The fourth-order valence-corrected chi connectivity index (χ4v) is 3.16. The van der Waals surface area contributed by atoms with Crippen molar-refractivity contribution in [3.63, 3.8) is 0 Å². The van der Waals surface area contributed by atoms with E-state index in [-0.39, 0.29) is 22.4 Å². The second-order valence-corrected chi connectivity index (χ2v) is 6.36. The number of nitrogens with one attached hydrogen (secondary N) is 1. The molecule has 0 amide bonds. The van der Waals surface area contributed by atoms with Crippen LogP contribution in [0.15, 0.2) is 18.2 Å². The van der Waals surface area contributed by atoms with E-state index in [0.717, 1.165) is 18.7 Å². The highest BCUT2D eigenvalue weighted by Gasteiger charge is 2.36. The van der Waals surface area contributed by atoms with Gasteiger partial charge < -0.3 is 0 Å². The summed E-state index contributed by atoms with van der Waals surface area (Å²) in [5.41, 5.74) is 3.59. The molecule has 1 atom stereocenters.